The number of hydrogen-bond acceptors (Lipinski definition) is 4. The number of rotatable bonds is 7. The zero-order chi connectivity index (χ0) is 16.8. The molecule has 2 N–H and O–H groups in total. The molecule has 0 heterocycles. The molecule has 3 rings (SSSR count). The van der Waals surface area contributed by atoms with E-state index in [2.05, 4.69) is 10.2 Å². The van der Waals surface area contributed by atoms with Crippen molar-refractivity contribution in [3.8, 4) is 0 Å². The summed E-state index contributed by atoms with van der Waals surface area (Å²) in [5, 5.41) is 12.4. The highest BCUT2D eigenvalue weighted by molar-refractivity contribution is 5.67. The van der Waals surface area contributed by atoms with Gasteiger partial charge in [0.2, 0.25) is 0 Å². The van der Waals surface area contributed by atoms with Gasteiger partial charge in [-0.05, 0) is 31.2 Å². The van der Waals surface area contributed by atoms with E-state index in [1.165, 1.54) is 19.3 Å². The summed E-state index contributed by atoms with van der Waals surface area (Å²) in [6.45, 7) is 1.18. The van der Waals surface area contributed by atoms with E-state index >= 15 is 0 Å². The molecular formula is C19H28N2O3. The Kier molecular flexibility index (Phi) is 6.10. The number of aliphatic hydroxyl groups is 1. The third-order valence-corrected chi connectivity index (χ3v) is 5.05. The summed E-state index contributed by atoms with van der Waals surface area (Å²) in [6, 6.07) is 10.8. The lowest BCUT2D eigenvalue weighted by molar-refractivity contribution is 0.0817. The normalized spacial score (nSPS) is 23.9. The van der Waals surface area contributed by atoms with Crippen LogP contribution in [0, 0.1) is 0 Å². The molecule has 0 aromatic heterocycles. The first kappa shape index (κ1) is 17.2. The predicted molar refractivity (Wildman–Crippen MR) is 92.6 cm³/mol. The molecule has 2 aliphatic rings. The summed E-state index contributed by atoms with van der Waals surface area (Å²) in [4.78, 5) is 14.6. The fraction of sp³-hybridized carbons (Fsp3) is 0.632. The average Bonchev–Trinajstić information content (AvgIpc) is 3.44. The van der Waals surface area contributed by atoms with E-state index in [1.807, 2.05) is 30.3 Å². The molecule has 2 saturated carbocycles. The number of nitrogens with zero attached hydrogens (tertiary/aromatic N) is 1. The smallest absolute Gasteiger partial charge is 0.407 e. The van der Waals surface area contributed by atoms with Crippen LogP contribution in [-0.2, 0) is 11.3 Å². The van der Waals surface area contributed by atoms with Gasteiger partial charge in [-0.15, -0.1) is 0 Å². The second kappa shape index (κ2) is 8.49. The van der Waals surface area contributed by atoms with E-state index in [1.54, 1.807) is 0 Å². The zero-order valence-electron chi connectivity index (χ0n) is 14.2. The van der Waals surface area contributed by atoms with Gasteiger partial charge in [0.15, 0.2) is 0 Å². The van der Waals surface area contributed by atoms with Crippen LogP contribution in [0.4, 0.5) is 4.79 Å². The minimum Gasteiger partial charge on any atom is -0.445 e. The van der Waals surface area contributed by atoms with Crippen LogP contribution in [0.5, 0.6) is 0 Å². The highest BCUT2D eigenvalue weighted by atomic mass is 16.5. The Bertz CT molecular complexity index is 519. The first-order valence-corrected chi connectivity index (χ1v) is 9.12. The summed E-state index contributed by atoms with van der Waals surface area (Å²) in [6.07, 6.45) is 6.48. The number of hydrogen-bond donors (Lipinski definition) is 2. The van der Waals surface area contributed by atoms with Crippen LogP contribution in [0.15, 0.2) is 30.3 Å². The lowest BCUT2D eigenvalue weighted by Gasteiger charge is -2.40. The van der Waals surface area contributed by atoms with Crippen LogP contribution in [0.2, 0.25) is 0 Å². The second-order valence-electron chi connectivity index (χ2n) is 6.86. The first-order valence-electron chi connectivity index (χ1n) is 9.12. The Morgan fingerprint density at radius 1 is 1.17 bits per heavy atom. The molecule has 2 aliphatic carbocycles. The molecule has 24 heavy (non-hydrogen) atoms. The van der Waals surface area contributed by atoms with Gasteiger partial charge in [0.25, 0.3) is 0 Å². The molecule has 0 saturated heterocycles. The topological polar surface area (TPSA) is 61.8 Å². The van der Waals surface area contributed by atoms with E-state index in [4.69, 9.17) is 4.74 Å². The van der Waals surface area contributed by atoms with Crippen molar-refractivity contribution in [2.45, 2.75) is 63.3 Å². The van der Waals surface area contributed by atoms with Crippen LogP contribution in [0.3, 0.4) is 0 Å². The predicted octanol–water partition coefficient (Wildman–Crippen LogP) is 2.68. The summed E-state index contributed by atoms with van der Waals surface area (Å²) in [5.74, 6) is 0. The molecule has 2 fully saturated rings. The van der Waals surface area contributed by atoms with Crippen molar-refractivity contribution in [2.75, 3.05) is 13.2 Å². The largest absolute Gasteiger partial charge is 0.445 e. The monoisotopic (exact) mass is 332 g/mol. The number of amides is 1. The van der Waals surface area contributed by atoms with Crippen molar-refractivity contribution in [2.24, 2.45) is 0 Å². The molecule has 0 unspecified atom stereocenters. The van der Waals surface area contributed by atoms with Crippen molar-refractivity contribution in [1.29, 1.82) is 0 Å². The molecule has 1 aromatic rings. The van der Waals surface area contributed by atoms with Gasteiger partial charge in [-0.3, -0.25) is 4.90 Å². The van der Waals surface area contributed by atoms with Crippen molar-refractivity contribution in [1.82, 2.24) is 10.2 Å². The molecule has 1 aromatic carbocycles. The maximum absolute atomic E-state index is 12.2. The number of alkyl carbamates (subject to hydrolysis) is 1. The van der Waals surface area contributed by atoms with Crippen LogP contribution in [0.1, 0.15) is 44.1 Å². The van der Waals surface area contributed by atoms with E-state index in [0.29, 0.717) is 25.2 Å². The summed E-state index contributed by atoms with van der Waals surface area (Å²) in [7, 11) is 0. The quantitative estimate of drug-likeness (QED) is 0.806. The number of carbonyl (C=O) groups excluding carboxylic acids is 1. The Labute approximate surface area is 144 Å². The van der Waals surface area contributed by atoms with Gasteiger partial charge in [0.1, 0.15) is 6.61 Å². The number of aliphatic hydroxyl groups excluding tert-OH is 1. The number of ether oxygens (including phenoxy) is 1. The van der Waals surface area contributed by atoms with Crippen LogP contribution in [-0.4, -0.2) is 47.4 Å². The molecule has 5 nitrogen and oxygen atoms in total. The number of carbonyl (C=O) groups is 1. The standard InChI is InChI=1S/C19H28N2O3/c22-13-12-21(16-10-11-16)18-9-5-4-8-17(18)20-19(23)24-14-15-6-2-1-3-7-15/h1-3,6-7,16-18,22H,4-5,8-14H2,(H,20,23)/t17-,18+/m0/s1. The second-order valence-corrected chi connectivity index (χ2v) is 6.86. The summed E-state index contributed by atoms with van der Waals surface area (Å²) in [5.41, 5.74) is 0.993. The van der Waals surface area contributed by atoms with Gasteiger partial charge in [-0.1, -0.05) is 43.2 Å². The van der Waals surface area contributed by atoms with Crippen molar-refractivity contribution >= 4 is 6.09 Å². The minimum atomic E-state index is -0.338. The van der Waals surface area contributed by atoms with Crippen LogP contribution in [0.25, 0.3) is 0 Å². The minimum absolute atomic E-state index is 0.120. The Balaban J connectivity index is 1.53. The zero-order valence-corrected chi connectivity index (χ0v) is 14.2. The number of nitrogens with one attached hydrogen (secondary N) is 1. The highest BCUT2D eigenvalue weighted by Gasteiger charge is 2.38. The summed E-state index contributed by atoms with van der Waals surface area (Å²) >= 11 is 0. The molecule has 0 bridgehead atoms. The molecule has 1 amide bonds. The molecule has 0 aliphatic heterocycles. The van der Waals surface area contributed by atoms with Crippen molar-refractivity contribution in [3.05, 3.63) is 35.9 Å². The summed E-state index contributed by atoms with van der Waals surface area (Å²) < 4.78 is 5.38. The molecular weight excluding hydrogens is 304 g/mol. The van der Waals surface area contributed by atoms with E-state index < -0.39 is 0 Å². The van der Waals surface area contributed by atoms with Gasteiger partial charge in [-0.25, -0.2) is 4.79 Å². The molecule has 2 atom stereocenters. The Morgan fingerprint density at radius 3 is 2.62 bits per heavy atom. The number of benzene rings is 1. The average molecular weight is 332 g/mol. The van der Waals surface area contributed by atoms with Crippen molar-refractivity contribution < 1.29 is 14.6 Å². The van der Waals surface area contributed by atoms with Crippen LogP contribution >= 0.6 is 0 Å². The Hall–Kier alpha value is -1.59. The lowest BCUT2D eigenvalue weighted by atomic mass is 9.89. The van der Waals surface area contributed by atoms with E-state index in [-0.39, 0.29) is 18.7 Å². The Morgan fingerprint density at radius 2 is 1.92 bits per heavy atom. The third kappa shape index (κ3) is 4.71. The fourth-order valence-corrected chi connectivity index (χ4v) is 3.73. The molecule has 0 radical (unpaired) electrons. The SMILES string of the molecule is O=C(N[C@H]1CCCC[C@H]1N(CCO)C1CC1)OCc1ccccc1. The van der Waals surface area contributed by atoms with Gasteiger partial charge in [0.05, 0.1) is 6.61 Å². The maximum Gasteiger partial charge on any atom is 0.407 e. The highest BCUT2D eigenvalue weighted by Crippen LogP contribution is 2.33. The fourth-order valence-electron chi connectivity index (χ4n) is 3.73. The van der Waals surface area contributed by atoms with E-state index in [9.17, 15) is 9.90 Å². The van der Waals surface area contributed by atoms with Crippen molar-refractivity contribution in [3.63, 3.8) is 0 Å². The lowest BCUT2D eigenvalue weighted by Crippen LogP contribution is -2.54. The van der Waals surface area contributed by atoms with Crippen LogP contribution < -0.4 is 5.32 Å². The maximum atomic E-state index is 12.2. The first-order chi connectivity index (χ1) is 11.8. The van der Waals surface area contributed by atoms with Gasteiger partial charge in [0, 0.05) is 24.7 Å². The van der Waals surface area contributed by atoms with E-state index in [0.717, 1.165) is 24.8 Å². The molecule has 5 heteroatoms. The third-order valence-electron chi connectivity index (χ3n) is 5.05. The molecule has 0 spiro atoms. The van der Waals surface area contributed by atoms with Gasteiger partial charge >= 0.3 is 6.09 Å². The molecule has 132 valence electrons. The van der Waals surface area contributed by atoms with Gasteiger partial charge in [-0.2, -0.15) is 0 Å². The van der Waals surface area contributed by atoms with Gasteiger partial charge < -0.3 is 15.2 Å².